The molecule has 1 aliphatic heterocycles. The van der Waals surface area contributed by atoms with Gasteiger partial charge in [0, 0.05) is 18.7 Å². The number of carbonyl (C=O) groups is 1. The lowest BCUT2D eigenvalue weighted by atomic mass is 10.2. The molecular weight excluding hydrogens is 272 g/mol. The van der Waals surface area contributed by atoms with E-state index < -0.39 is 0 Å². The number of hydrogen-bond donors (Lipinski definition) is 1. The number of hydrogen-bond acceptors (Lipinski definition) is 3. The molecule has 0 unspecified atom stereocenters. The molecule has 0 aliphatic carbocycles. The molecule has 2 rings (SSSR count). The number of ether oxygens (including phenoxy) is 1. The fraction of sp³-hybridized carbons (Fsp3) is 0.467. The van der Waals surface area contributed by atoms with E-state index in [1.807, 2.05) is 17.0 Å². The topological polar surface area (TPSA) is 55.6 Å². The molecule has 1 amide bonds. The number of thiocarbonyl (C=S) groups is 1. The van der Waals surface area contributed by atoms with Gasteiger partial charge in [0.25, 0.3) is 5.91 Å². The predicted octanol–water partition coefficient (Wildman–Crippen LogP) is 2.10. The summed E-state index contributed by atoms with van der Waals surface area (Å²) in [5, 5.41) is 0. The monoisotopic (exact) mass is 292 g/mol. The lowest BCUT2D eigenvalue weighted by molar-refractivity contribution is -0.133. The van der Waals surface area contributed by atoms with Crippen LogP contribution in [0.15, 0.2) is 24.3 Å². The minimum atomic E-state index is 0.0487. The molecule has 4 nitrogen and oxygen atoms in total. The van der Waals surface area contributed by atoms with Gasteiger partial charge in [0.2, 0.25) is 0 Å². The van der Waals surface area contributed by atoms with Crippen molar-refractivity contribution in [1.82, 2.24) is 4.90 Å². The van der Waals surface area contributed by atoms with Gasteiger partial charge in [-0.2, -0.15) is 0 Å². The summed E-state index contributed by atoms with van der Waals surface area (Å²) in [7, 11) is 0. The average molecular weight is 292 g/mol. The van der Waals surface area contributed by atoms with E-state index in [0.717, 1.165) is 31.5 Å². The summed E-state index contributed by atoms with van der Waals surface area (Å²) in [4.78, 5) is 14.3. The first kappa shape index (κ1) is 14.8. The van der Waals surface area contributed by atoms with Crippen LogP contribution in [0.3, 0.4) is 0 Å². The van der Waals surface area contributed by atoms with E-state index in [9.17, 15) is 4.79 Å². The number of likely N-dealkylation sites (tertiary alicyclic amines) is 1. The third kappa shape index (κ3) is 4.20. The lowest BCUT2D eigenvalue weighted by Gasteiger charge is -2.20. The van der Waals surface area contributed by atoms with Gasteiger partial charge < -0.3 is 15.4 Å². The number of rotatable bonds is 4. The molecule has 5 heteroatoms. The summed E-state index contributed by atoms with van der Waals surface area (Å²) in [6.07, 6.45) is 4.59. The summed E-state index contributed by atoms with van der Waals surface area (Å²) in [6.45, 7) is 1.75. The van der Waals surface area contributed by atoms with Gasteiger partial charge in [-0.3, -0.25) is 4.79 Å². The van der Waals surface area contributed by atoms with Crippen LogP contribution in [-0.4, -0.2) is 35.5 Å². The quantitative estimate of drug-likeness (QED) is 0.864. The average Bonchev–Trinajstić information content (AvgIpc) is 2.74. The van der Waals surface area contributed by atoms with Crippen LogP contribution in [0.25, 0.3) is 0 Å². The summed E-state index contributed by atoms with van der Waals surface area (Å²) in [5.74, 6) is 0.672. The van der Waals surface area contributed by atoms with Gasteiger partial charge in [-0.25, -0.2) is 0 Å². The molecule has 0 saturated carbocycles. The standard InChI is InChI=1S/C15H20N2O2S/c16-15(20)12-6-5-7-13(10-12)19-11-14(18)17-8-3-1-2-4-9-17/h5-7,10H,1-4,8-9,11H2,(H2,16,20). The first-order valence-corrected chi connectivity index (χ1v) is 7.38. The zero-order valence-electron chi connectivity index (χ0n) is 11.5. The van der Waals surface area contributed by atoms with Crippen LogP contribution in [0.2, 0.25) is 0 Å². The molecule has 1 saturated heterocycles. The summed E-state index contributed by atoms with van der Waals surface area (Å²) in [6, 6.07) is 7.21. The Balaban J connectivity index is 1.89. The van der Waals surface area contributed by atoms with Crippen molar-refractivity contribution < 1.29 is 9.53 Å². The van der Waals surface area contributed by atoms with Crippen molar-refractivity contribution >= 4 is 23.1 Å². The molecule has 1 aliphatic rings. The van der Waals surface area contributed by atoms with Crippen LogP contribution in [0, 0.1) is 0 Å². The van der Waals surface area contributed by atoms with Crippen molar-refractivity contribution in [3.05, 3.63) is 29.8 Å². The van der Waals surface area contributed by atoms with Crippen molar-refractivity contribution in [2.24, 2.45) is 5.73 Å². The van der Waals surface area contributed by atoms with E-state index in [0.29, 0.717) is 10.7 Å². The number of carbonyl (C=O) groups excluding carboxylic acids is 1. The third-order valence-electron chi connectivity index (χ3n) is 3.44. The SMILES string of the molecule is NC(=S)c1cccc(OCC(=O)N2CCCCCC2)c1. The van der Waals surface area contributed by atoms with E-state index >= 15 is 0 Å². The van der Waals surface area contributed by atoms with Crippen LogP contribution in [0.5, 0.6) is 5.75 Å². The van der Waals surface area contributed by atoms with E-state index in [1.54, 1.807) is 12.1 Å². The van der Waals surface area contributed by atoms with Crippen molar-refractivity contribution in [3.8, 4) is 5.75 Å². The number of amides is 1. The van der Waals surface area contributed by atoms with Crippen LogP contribution >= 0.6 is 12.2 Å². The largest absolute Gasteiger partial charge is 0.484 e. The molecule has 0 bridgehead atoms. The molecule has 2 N–H and O–H groups in total. The highest BCUT2D eigenvalue weighted by Gasteiger charge is 2.15. The Kier molecular flexibility index (Phi) is 5.35. The maximum atomic E-state index is 12.1. The van der Waals surface area contributed by atoms with E-state index in [1.165, 1.54) is 12.8 Å². The highest BCUT2D eigenvalue weighted by atomic mass is 32.1. The molecule has 108 valence electrons. The fourth-order valence-corrected chi connectivity index (χ4v) is 2.42. The number of nitrogens with two attached hydrogens (primary N) is 1. The second-order valence-corrected chi connectivity index (χ2v) is 5.42. The van der Waals surface area contributed by atoms with Gasteiger partial charge in [-0.1, -0.05) is 37.2 Å². The Morgan fingerprint density at radius 3 is 2.60 bits per heavy atom. The fourth-order valence-electron chi connectivity index (χ4n) is 2.30. The zero-order chi connectivity index (χ0) is 14.4. The Bertz CT molecular complexity index is 483. The summed E-state index contributed by atoms with van der Waals surface area (Å²) in [5.41, 5.74) is 6.32. The minimum absolute atomic E-state index is 0.0487. The summed E-state index contributed by atoms with van der Waals surface area (Å²) < 4.78 is 5.55. The van der Waals surface area contributed by atoms with E-state index in [4.69, 9.17) is 22.7 Å². The number of nitrogens with zero attached hydrogens (tertiary/aromatic N) is 1. The van der Waals surface area contributed by atoms with Gasteiger partial charge in [-0.15, -0.1) is 0 Å². The zero-order valence-corrected chi connectivity index (χ0v) is 12.3. The van der Waals surface area contributed by atoms with Crippen LogP contribution in [0.4, 0.5) is 0 Å². The number of benzene rings is 1. The second kappa shape index (κ2) is 7.24. The van der Waals surface area contributed by atoms with Gasteiger partial charge >= 0.3 is 0 Å². The highest BCUT2D eigenvalue weighted by molar-refractivity contribution is 7.80. The smallest absolute Gasteiger partial charge is 0.260 e. The predicted molar refractivity (Wildman–Crippen MR) is 82.9 cm³/mol. The lowest BCUT2D eigenvalue weighted by Crippen LogP contribution is -2.35. The Hall–Kier alpha value is -1.62. The first-order valence-electron chi connectivity index (χ1n) is 6.97. The van der Waals surface area contributed by atoms with Crippen molar-refractivity contribution in [1.29, 1.82) is 0 Å². The normalized spacial score (nSPS) is 15.5. The molecule has 0 radical (unpaired) electrons. The van der Waals surface area contributed by atoms with Crippen molar-refractivity contribution in [3.63, 3.8) is 0 Å². The van der Waals surface area contributed by atoms with Gasteiger partial charge in [0.15, 0.2) is 6.61 Å². The first-order chi connectivity index (χ1) is 9.66. The van der Waals surface area contributed by atoms with Gasteiger partial charge in [-0.05, 0) is 25.0 Å². The van der Waals surface area contributed by atoms with Crippen LogP contribution < -0.4 is 10.5 Å². The molecule has 1 heterocycles. The Morgan fingerprint density at radius 2 is 1.95 bits per heavy atom. The molecule has 1 aromatic rings. The maximum absolute atomic E-state index is 12.1. The second-order valence-electron chi connectivity index (χ2n) is 4.98. The third-order valence-corrected chi connectivity index (χ3v) is 3.68. The molecule has 20 heavy (non-hydrogen) atoms. The molecule has 1 fully saturated rings. The van der Waals surface area contributed by atoms with E-state index in [-0.39, 0.29) is 12.5 Å². The minimum Gasteiger partial charge on any atom is -0.484 e. The van der Waals surface area contributed by atoms with Gasteiger partial charge in [0.1, 0.15) is 10.7 Å². The molecule has 0 atom stereocenters. The molecule has 0 aromatic heterocycles. The van der Waals surface area contributed by atoms with Crippen molar-refractivity contribution in [2.75, 3.05) is 19.7 Å². The van der Waals surface area contributed by atoms with Crippen LogP contribution in [-0.2, 0) is 4.79 Å². The Morgan fingerprint density at radius 1 is 1.25 bits per heavy atom. The highest BCUT2D eigenvalue weighted by Crippen LogP contribution is 2.14. The van der Waals surface area contributed by atoms with Gasteiger partial charge in [0.05, 0.1) is 0 Å². The Labute approximate surface area is 124 Å². The summed E-state index contributed by atoms with van der Waals surface area (Å²) >= 11 is 4.92. The van der Waals surface area contributed by atoms with E-state index in [2.05, 4.69) is 0 Å². The maximum Gasteiger partial charge on any atom is 0.260 e. The molecule has 1 aromatic carbocycles. The molecular formula is C15H20N2O2S. The van der Waals surface area contributed by atoms with Crippen molar-refractivity contribution in [2.45, 2.75) is 25.7 Å². The molecule has 0 spiro atoms. The van der Waals surface area contributed by atoms with Crippen LogP contribution in [0.1, 0.15) is 31.2 Å².